The van der Waals surface area contributed by atoms with Crippen molar-refractivity contribution in [2.24, 2.45) is 0 Å². The van der Waals surface area contributed by atoms with Crippen molar-refractivity contribution in [1.29, 1.82) is 0 Å². The number of hydrogen-bond donors (Lipinski definition) is 0. The highest BCUT2D eigenvalue weighted by Crippen LogP contribution is 2.16. The Morgan fingerprint density at radius 2 is 1.47 bits per heavy atom. The summed E-state index contributed by atoms with van der Waals surface area (Å²) < 4.78 is 0. The molecule has 15 heavy (non-hydrogen) atoms. The fourth-order valence-electron chi connectivity index (χ4n) is 1.20. The minimum atomic E-state index is 0.0417. The molecule has 2 aromatic carbocycles. The largest absolute Gasteiger partial charge is 0.560 e. The van der Waals surface area contributed by atoms with Crippen molar-refractivity contribution in [2.75, 3.05) is 0 Å². The topological polar surface area (TPSA) is 0 Å². The third-order valence-corrected chi connectivity index (χ3v) is 1.81. The first kappa shape index (κ1) is 13.2. The molecule has 0 aliphatic heterocycles. The van der Waals surface area contributed by atoms with Gasteiger partial charge in [0, 0.05) is 0 Å². The second-order valence-electron chi connectivity index (χ2n) is 2.76. The summed E-state index contributed by atoms with van der Waals surface area (Å²) in [6.45, 7) is 0. The first-order valence-corrected chi connectivity index (χ1v) is 12.3. The molecule has 0 nitrogen and oxygen atoms in total. The number of benzene rings is 2. The van der Waals surface area contributed by atoms with Gasteiger partial charge in [-0.1, -0.05) is 48.5 Å². The van der Waals surface area contributed by atoms with E-state index in [1.165, 1.54) is 11.1 Å². The molecule has 1 radical (unpaired) electrons. The first-order valence-electron chi connectivity index (χ1n) is 4.52. The van der Waals surface area contributed by atoms with Gasteiger partial charge in [0.05, 0.1) is 0 Å². The van der Waals surface area contributed by atoms with E-state index in [9.17, 15) is 0 Å². The van der Waals surface area contributed by atoms with Crippen LogP contribution >= 0.6 is 25.8 Å². The van der Waals surface area contributed by atoms with Gasteiger partial charge in [-0.3, -0.25) is 25.8 Å². The maximum atomic E-state index is 3.20. The second-order valence-corrected chi connectivity index (χ2v) is 10.8. The SMILES string of the molecule is [Br][Mg][Br].[c]1cccc(-c2ccccc2)c1. The maximum absolute atomic E-state index is 3.20. The van der Waals surface area contributed by atoms with Crippen LogP contribution in [0.25, 0.3) is 11.1 Å². The molecule has 0 atom stereocenters. The lowest BCUT2D eigenvalue weighted by Crippen LogP contribution is -1.73. The molecule has 0 spiro atoms. The van der Waals surface area contributed by atoms with Crippen molar-refractivity contribution in [1.82, 2.24) is 0 Å². The highest BCUT2D eigenvalue weighted by molar-refractivity contribution is 9.47. The summed E-state index contributed by atoms with van der Waals surface area (Å²) in [5.41, 5.74) is 2.47. The average Bonchev–Trinajstić information content (AvgIpc) is 2.32. The summed E-state index contributed by atoms with van der Waals surface area (Å²) in [7, 11) is 0. The van der Waals surface area contributed by atoms with Gasteiger partial charge in [0.1, 0.15) is 0 Å². The van der Waals surface area contributed by atoms with E-state index in [1.54, 1.807) is 0 Å². The van der Waals surface area contributed by atoms with Crippen molar-refractivity contribution in [2.45, 2.75) is 0 Å². The molecule has 2 aromatic rings. The molecule has 0 amide bonds. The van der Waals surface area contributed by atoms with Crippen LogP contribution in [0, 0.1) is 6.07 Å². The van der Waals surface area contributed by atoms with E-state index in [2.05, 4.69) is 50.0 Å². The summed E-state index contributed by atoms with van der Waals surface area (Å²) in [5.74, 6) is 0. The van der Waals surface area contributed by atoms with Crippen LogP contribution in [0.5, 0.6) is 0 Å². The zero-order valence-electron chi connectivity index (χ0n) is 8.16. The monoisotopic (exact) mass is 335 g/mol. The maximum Gasteiger partial charge on any atom is 0.560 e. The van der Waals surface area contributed by atoms with Crippen LogP contribution in [-0.4, -0.2) is 16.0 Å². The third kappa shape index (κ3) is 5.16. The summed E-state index contributed by atoms with van der Waals surface area (Å²) in [6.07, 6.45) is 0. The molecule has 0 aromatic heterocycles. The van der Waals surface area contributed by atoms with Gasteiger partial charge >= 0.3 is 16.0 Å². The quantitative estimate of drug-likeness (QED) is 0.674. The van der Waals surface area contributed by atoms with E-state index >= 15 is 0 Å². The molecule has 0 aliphatic rings. The minimum Gasteiger partial charge on any atom is -0.280 e. The van der Waals surface area contributed by atoms with E-state index in [-0.39, 0.29) is 16.0 Å². The number of halogens is 2. The van der Waals surface area contributed by atoms with Gasteiger partial charge in [-0.25, -0.2) is 0 Å². The van der Waals surface area contributed by atoms with Crippen LogP contribution in [0.1, 0.15) is 0 Å². The second kappa shape index (κ2) is 8.33. The van der Waals surface area contributed by atoms with Crippen molar-refractivity contribution in [3.8, 4) is 11.1 Å². The fourth-order valence-corrected chi connectivity index (χ4v) is 1.20. The van der Waals surface area contributed by atoms with Gasteiger partial charge < -0.3 is 0 Å². The van der Waals surface area contributed by atoms with E-state index < -0.39 is 0 Å². The summed E-state index contributed by atoms with van der Waals surface area (Å²) >= 11 is 6.44. The lowest BCUT2D eigenvalue weighted by atomic mass is 10.1. The van der Waals surface area contributed by atoms with Crippen LogP contribution in [0.15, 0.2) is 54.6 Å². The molecule has 0 saturated heterocycles. The highest BCUT2D eigenvalue weighted by Gasteiger charge is 1.91. The smallest absolute Gasteiger partial charge is 0.280 e. The molecule has 0 N–H and O–H groups in total. The van der Waals surface area contributed by atoms with Crippen molar-refractivity contribution >= 4 is 41.8 Å². The average molecular weight is 337 g/mol. The van der Waals surface area contributed by atoms with Crippen LogP contribution in [-0.2, 0) is 0 Å². The van der Waals surface area contributed by atoms with Gasteiger partial charge in [0.15, 0.2) is 0 Å². The Labute approximate surface area is 113 Å². The molecule has 0 fully saturated rings. The Bertz CT molecular complexity index is 324. The van der Waals surface area contributed by atoms with Crippen molar-refractivity contribution < 1.29 is 0 Å². The standard InChI is InChI=1S/C12H9.2BrH.Mg/c1-3-7-11(8-4-1)12-9-5-2-6-10-12;;;/h1-5,7-10H;2*1H;/q;;;+2/p-2. The molecular formula is C12H9Br2Mg. The number of rotatable bonds is 1. The van der Waals surface area contributed by atoms with Crippen molar-refractivity contribution in [3.63, 3.8) is 0 Å². The lowest BCUT2D eigenvalue weighted by molar-refractivity contribution is 1.61. The van der Waals surface area contributed by atoms with Gasteiger partial charge in [0.2, 0.25) is 0 Å². The predicted molar refractivity (Wildman–Crippen MR) is 74.3 cm³/mol. The Morgan fingerprint density at radius 3 is 2.00 bits per heavy atom. The van der Waals surface area contributed by atoms with Crippen LogP contribution < -0.4 is 0 Å². The molecule has 3 heteroatoms. The Kier molecular flexibility index (Phi) is 7.35. The minimum absolute atomic E-state index is 0.0417. The van der Waals surface area contributed by atoms with E-state index in [0.29, 0.717) is 0 Å². The Hall–Kier alpha value is 0.166. The predicted octanol–water partition coefficient (Wildman–Crippen LogP) is 4.46. The zero-order valence-corrected chi connectivity index (χ0v) is 12.7. The van der Waals surface area contributed by atoms with Crippen LogP contribution in [0.3, 0.4) is 0 Å². The normalized spacial score (nSPS) is 8.40. The van der Waals surface area contributed by atoms with Crippen LogP contribution in [0.4, 0.5) is 0 Å². The highest BCUT2D eigenvalue weighted by atomic mass is 79.9. The van der Waals surface area contributed by atoms with Gasteiger partial charge in [-0.05, 0) is 23.3 Å². The lowest BCUT2D eigenvalue weighted by Gasteiger charge is -1.98. The summed E-state index contributed by atoms with van der Waals surface area (Å²) in [6, 6.07) is 21.4. The van der Waals surface area contributed by atoms with Crippen LogP contribution in [0.2, 0.25) is 0 Å². The third-order valence-electron chi connectivity index (χ3n) is 1.81. The summed E-state index contributed by atoms with van der Waals surface area (Å²) in [5, 5.41) is 0. The molecule has 0 aliphatic carbocycles. The Morgan fingerprint density at radius 1 is 0.867 bits per heavy atom. The molecule has 0 unspecified atom stereocenters. The van der Waals surface area contributed by atoms with Gasteiger partial charge in [-0.15, -0.1) is 0 Å². The molecule has 0 saturated carbocycles. The molecule has 0 bridgehead atoms. The molecule has 73 valence electrons. The number of hydrogen-bond acceptors (Lipinski definition) is 0. The zero-order chi connectivity index (χ0) is 10.9. The Balaban J connectivity index is 0.000000337. The molecular weight excluding hydrogens is 328 g/mol. The molecule has 2 rings (SSSR count). The fraction of sp³-hybridized carbons (Fsp3) is 0. The van der Waals surface area contributed by atoms with E-state index in [0.717, 1.165) is 0 Å². The first-order chi connectivity index (χ1) is 7.38. The summed E-state index contributed by atoms with van der Waals surface area (Å²) in [4.78, 5) is 0. The van der Waals surface area contributed by atoms with Gasteiger partial charge in [-0.2, -0.15) is 0 Å². The van der Waals surface area contributed by atoms with Crippen molar-refractivity contribution in [3.05, 3.63) is 60.7 Å². The van der Waals surface area contributed by atoms with Gasteiger partial charge in [0.25, 0.3) is 0 Å². The van der Waals surface area contributed by atoms with E-state index in [4.69, 9.17) is 0 Å². The van der Waals surface area contributed by atoms with E-state index in [1.807, 2.05) is 36.4 Å². The molecule has 0 heterocycles.